The van der Waals surface area contributed by atoms with Gasteiger partial charge < -0.3 is 9.80 Å². The van der Waals surface area contributed by atoms with Gasteiger partial charge in [-0.25, -0.2) is 0 Å². The minimum atomic E-state index is 0.0487. The van der Waals surface area contributed by atoms with E-state index in [1.54, 1.807) is 11.3 Å². The van der Waals surface area contributed by atoms with E-state index in [0.717, 1.165) is 31.2 Å². The summed E-state index contributed by atoms with van der Waals surface area (Å²) >= 11 is 1.69. The predicted molar refractivity (Wildman–Crippen MR) is 107 cm³/mol. The zero-order valence-electron chi connectivity index (χ0n) is 15.8. The van der Waals surface area contributed by atoms with Gasteiger partial charge in [0.2, 0.25) is 11.8 Å². The van der Waals surface area contributed by atoms with Crippen molar-refractivity contribution in [2.75, 3.05) is 6.54 Å². The largest absolute Gasteiger partial charge is 0.332 e. The van der Waals surface area contributed by atoms with Crippen LogP contribution in [0.5, 0.6) is 0 Å². The van der Waals surface area contributed by atoms with Gasteiger partial charge in [0, 0.05) is 23.4 Å². The van der Waals surface area contributed by atoms with Crippen molar-refractivity contribution < 1.29 is 9.59 Å². The van der Waals surface area contributed by atoms with Crippen molar-refractivity contribution in [1.82, 2.24) is 9.80 Å². The fourth-order valence-corrected chi connectivity index (χ4v) is 4.28. The normalized spacial score (nSPS) is 16.2. The molecule has 0 N–H and O–H groups in total. The van der Waals surface area contributed by atoms with E-state index in [1.807, 2.05) is 28.0 Å². The van der Waals surface area contributed by atoms with Gasteiger partial charge in [0.05, 0.1) is 6.54 Å². The molecule has 0 spiro atoms. The van der Waals surface area contributed by atoms with Crippen LogP contribution >= 0.6 is 11.3 Å². The molecule has 0 saturated heterocycles. The molecule has 0 unspecified atom stereocenters. The number of hydrogen-bond donors (Lipinski definition) is 0. The van der Waals surface area contributed by atoms with Crippen LogP contribution in [-0.4, -0.2) is 34.2 Å². The Bertz CT molecular complexity index is 809. The van der Waals surface area contributed by atoms with Crippen molar-refractivity contribution >= 4 is 23.2 Å². The zero-order valence-corrected chi connectivity index (χ0v) is 16.6. The third-order valence-electron chi connectivity index (χ3n) is 5.37. The lowest BCUT2D eigenvalue weighted by molar-refractivity contribution is -0.142. The van der Waals surface area contributed by atoms with Gasteiger partial charge in [-0.3, -0.25) is 9.59 Å². The molecule has 1 heterocycles. The monoisotopic (exact) mass is 382 g/mol. The summed E-state index contributed by atoms with van der Waals surface area (Å²) in [7, 11) is 0. The lowest BCUT2D eigenvalue weighted by Gasteiger charge is -2.28. The molecule has 0 radical (unpaired) electrons. The van der Waals surface area contributed by atoms with E-state index in [-0.39, 0.29) is 30.3 Å². The van der Waals surface area contributed by atoms with Crippen molar-refractivity contribution in [2.24, 2.45) is 5.92 Å². The van der Waals surface area contributed by atoms with Gasteiger partial charge in [-0.2, -0.15) is 0 Å². The van der Waals surface area contributed by atoms with Crippen LogP contribution in [0.2, 0.25) is 0 Å². The molecule has 2 aromatic rings. The van der Waals surface area contributed by atoms with E-state index >= 15 is 0 Å². The Morgan fingerprint density at radius 1 is 1.04 bits per heavy atom. The number of carbonyl (C=O) groups is 2. The van der Waals surface area contributed by atoms with E-state index in [4.69, 9.17) is 0 Å². The number of hydrogen-bond acceptors (Lipinski definition) is 3. The van der Waals surface area contributed by atoms with E-state index in [0.29, 0.717) is 13.1 Å². The fourth-order valence-electron chi connectivity index (χ4n) is 3.36. The van der Waals surface area contributed by atoms with Crippen LogP contribution in [-0.2, 0) is 22.7 Å². The van der Waals surface area contributed by atoms with Gasteiger partial charge in [0.25, 0.3) is 0 Å². The van der Waals surface area contributed by atoms with E-state index in [1.165, 1.54) is 10.4 Å². The molecule has 4 rings (SSSR count). The third-order valence-corrected chi connectivity index (χ3v) is 6.38. The summed E-state index contributed by atoms with van der Waals surface area (Å²) in [4.78, 5) is 30.8. The number of carbonyl (C=O) groups excluding carboxylic acids is 2. The highest BCUT2D eigenvalue weighted by molar-refractivity contribution is 7.10. The number of rotatable bonds is 8. The molecule has 0 atom stereocenters. The summed E-state index contributed by atoms with van der Waals surface area (Å²) in [5.74, 6) is 0.408. The van der Waals surface area contributed by atoms with E-state index in [2.05, 4.69) is 30.5 Å². The van der Waals surface area contributed by atoms with Crippen molar-refractivity contribution in [1.29, 1.82) is 0 Å². The lowest BCUT2D eigenvalue weighted by Crippen LogP contribution is -2.44. The van der Waals surface area contributed by atoms with Crippen molar-refractivity contribution in [3.05, 3.63) is 57.8 Å². The van der Waals surface area contributed by atoms with Crippen molar-refractivity contribution in [2.45, 2.75) is 51.7 Å². The molecule has 142 valence electrons. The molecule has 4 nitrogen and oxygen atoms in total. The highest BCUT2D eigenvalue weighted by atomic mass is 32.1. The third kappa shape index (κ3) is 4.59. The van der Waals surface area contributed by atoms with Crippen LogP contribution in [0.4, 0.5) is 0 Å². The number of benzene rings is 1. The lowest BCUT2D eigenvalue weighted by atomic mass is 10.2. The standard InChI is InChI=1S/C22H26N2O2S/c1-16-11-12-27-20(16)14-23(13-17-5-3-2-4-6-17)21(25)15-24(19-9-10-19)22(26)18-7-8-18/h2-6,11-12,18-19H,7-10,13-15H2,1H3. The SMILES string of the molecule is Cc1ccsc1CN(Cc1ccccc1)C(=O)CN(C(=O)C1CC1)C1CC1. The average Bonchev–Trinajstić information content (AvgIpc) is 3.59. The average molecular weight is 383 g/mol. The molecule has 5 heteroatoms. The van der Waals surface area contributed by atoms with Crippen LogP contribution in [0.15, 0.2) is 41.8 Å². The molecular weight excluding hydrogens is 356 g/mol. The summed E-state index contributed by atoms with van der Waals surface area (Å²) < 4.78 is 0. The maximum absolute atomic E-state index is 13.2. The molecule has 2 aliphatic carbocycles. The van der Waals surface area contributed by atoms with Crippen LogP contribution in [0.1, 0.15) is 41.7 Å². The first-order chi connectivity index (χ1) is 13.1. The second-order valence-electron chi connectivity index (χ2n) is 7.73. The first-order valence-corrected chi connectivity index (χ1v) is 10.6. The Morgan fingerprint density at radius 2 is 1.78 bits per heavy atom. The smallest absolute Gasteiger partial charge is 0.242 e. The molecule has 2 saturated carbocycles. The first-order valence-electron chi connectivity index (χ1n) is 9.77. The van der Waals surface area contributed by atoms with Crippen LogP contribution in [0, 0.1) is 12.8 Å². The highest BCUT2D eigenvalue weighted by Gasteiger charge is 2.41. The molecule has 0 bridgehead atoms. The Balaban J connectivity index is 1.50. The minimum Gasteiger partial charge on any atom is -0.332 e. The van der Waals surface area contributed by atoms with Gasteiger partial charge in [-0.05, 0) is 55.2 Å². The van der Waals surface area contributed by atoms with E-state index < -0.39 is 0 Å². The van der Waals surface area contributed by atoms with Gasteiger partial charge in [0.1, 0.15) is 6.54 Å². The zero-order chi connectivity index (χ0) is 18.8. The molecule has 1 aromatic heterocycles. The van der Waals surface area contributed by atoms with Crippen molar-refractivity contribution in [3.8, 4) is 0 Å². The molecular formula is C22H26N2O2S. The predicted octanol–water partition coefficient (Wildman–Crippen LogP) is 3.99. The topological polar surface area (TPSA) is 40.6 Å². The van der Waals surface area contributed by atoms with Gasteiger partial charge in [0.15, 0.2) is 0 Å². The van der Waals surface area contributed by atoms with Gasteiger partial charge in [-0.15, -0.1) is 11.3 Å². The summed E-state index contributed by atoms with van der Waals surface area (Å²) in [5, 5.41) is 2.07. The molecule has 1 aromatic carbocycles. The summed E-state index contributed by atoms with van der Waals surface area (Å²) in [6.07, 6.45) is 4.04. The molecule has 2 amide bonds. The minimum absolute atomic E-state index is 0.0487. The number of amides is 2. The molecule has 0 aliphatic heterocycles. The van der Waals surface area contributed by atoms with Gasteiger partial charge >= 0.3 is 0 Å². The Morgan fingerprint density at radius 3 is 2.37 bits per heavy atom. The second-order valence-corrected chi connectivity index (χ2v) is 8.73. The Hall–Kier alpha value is -2.14. The Labute approximate surface area is 164 Å². The fraction of sp³-hybridized carbons (Fsp3) is 0.455. The van der Waals surface area contributed by atoms with Gasteiger partial charge in [-0.1, -0.05) is 30.3 Å². The van der Waals surface area contributed by atoms with Crippen LogP contribution < -0.4 is 0 Å². The quantitative estimate of drug-likeness (QED) is 0.693. The number of aryl methyl sites for hydroxylation is 1. The maximum Gasteiger partial charge on any atom is 0.242 e. The summed E-state index contributed by atoms with van der Waals surface area (Å²) in [5.41, 5.74) is 2.34. The molecule has 2 aliphatic rings. The van der Waals surface area contributed by atoms with Crippen LogP contribution in [0.3, 0.4) is 0 Å². The highest BCUT2D eigenvalue weighted by Crippen LogP contribution is 2.36. The molecule has 27 heavy (non-hydrogen) atoms. The number of thiophene rings is 1. The maximum atomic E-state index is 13.2. The summed E-state index contributed by atoms with van der Waals surface area (Å²) in [6.45, 7) is 3.49. The Kier molecular flexibility index (Phi) is 5.30. The number of nitrogens with zero attached hydrogens (tertiary/aromatic N) is 2. The molecule has 2 fully saturated rings. The van der Waals surface area contributed by atoms with E-state index in [9.17, 15) is 9.59 Å². The second kappa shape index (κ2) is 7.85. The first kappa shape index (κ1) is 18.2. The van der Waals surface area contributed by atoms with Crippen molar-refractivity contribution in [3.63, 3.8) is 0 Å². The summed E-state index contributed by atoms with van der Waals surface area (Å²) in [6, 6.07) is 12.5. The van der Waals surface area contributed by atoms with Crippen LogP contribution in [0.25, 0.3) is 0 Å².